The van der Waals surface area contributed by atoms with Gasteiger partial charge in [0.05, 0.1) is 11.3 Å². The lowest BCUT2D eigenvalue weighted by molar-refractivity contribution is -0.138. The van der Waals surface area contributed by atoms with Crippen LogP contribution >= 0.6 is 0 Å². The third kappa shape index (κ3) is 4.90. The molecule has 0 unspecified atom stereocenters. The number of urea groups is 1. The van der Waals surface area contributed by atoms with E-state index in [-0.39, 0.29) is 18.4 Å². The number of nitrogens with one attached hydrogen (secondary N) is 1. The first-order valence-corrected chi connectivity index (χ1v) is 12.3. The number of halogens is 3. The summed E-state index contributed by atoms with van der Waals surface area (Å²) in [4.78, 5) is 28.8. The zero-order valence-corrected chi connectivity index (χ0v) is 20.4. The summed E-state index contributed by atoms with van der Waals surface area (Å²) >= 11 is 0. The molecule has 2 aromatic rings. The summed E-state index contributed by atoms with van der Waals surface area (Å²) in [7, 11) is 1.66. The van der Waals surface area contributed by atoms with E-state index in [1.54, 1.807) is 24.1 Å². The third-order valence-corrected chi connectivity index (χ3v) is 7.28. The molecule has 37 heavy (non-hydrogen) atoms. The molecule has 0 bridgehead atoms. The van der Waals surface area contributed by atoms with Gasteiger partial charge in [0, 0.05) is 50.5 Å². The first kappa shape index (κ1) is 25.1. The van der Waals surface area contributed by atoms with E-state index in [0.29, 0.717) is 48.4 Å². The van der Waals surface area contributed by atoms with Crippen molar-refractivity contribution in [1.82, 2.24) is 4.90 Å². The number of alkyl halides is 3. The highest BCUT2D eigenvalue weighted by molar-refractivity contribution is 6.05. The second-order valence-electron chi connectivity index (χ2n) is 9.87. The van der Waals surface area contributed by atoms with E-state index in [1.807, 2.05) is 6.07 Å². The van der Waals surface area contributed by atoms with Gasteiger partial charge in [0.1, 0.15) is 11.4 Å². The fraction of sp³-hybridized carbons (Fsp3) is 0.407. The molecule has 2 heterocycles. The van der Waals surface area contributed by atoms with Gasteiger partial charge in [0.25, 0.3) is 0 Å². The fourth-order valence-electron chi connectivity index (χ4n) is 5.19. The summed E-state index contributed by atoms with van der Waals surface area (Å²) in [6.07, 6.45) is 0.256. The quantitative estimate of drug-likeness (QED) is 0.538. The van der Waals surface area contributed by atoms with Gasteiger partial charge < -0.3 is 20.1 Å². The summed E-state index contributed by atoms with van der Waals surface area (Å²) in [6, 6.07) is 8.53. The maximum Gasteiger partial charge on any atom is 0.416 e. The van der Waals surface area contributed by atoms with Crippen molar-refractivity contribution in [2.75, 3.05) is 30.4 Å². The van der Waals surface area contributed by atoms with Crippen LogP contribution in [0, 0.1) is 0 Å². The van der Waals surface area contributed by atoms with E-state index >= 15 is 0 Å². The van der Waals surface area contributed by atoms with E-state index in [0.717, 1.165) is 37.0 Å². The summed E-state index contributed by atoms with van der Waals surface area (Å²) in [5.41, 5.74) is 1.87. The monoisotopic (exact) mass is 515 g/mol. The molecular formula is C27H28F3N3O4. The number of amides is 3. The second kappa shape index (κ2) is 9.41. The van der Waals surface area contributed by atoms with E-state index < -0.39 is 23.2 Å². The first-order chi connectivity index (χ1) is 17.6. The van der Waals surface area contributed by atoms with Crippen LogP contribution in [0.2, 0.25) is 0 Å². The number of carbonyl (C=O) groups excluding carboxylic acids is 2. The Bertz CT molecular complexity index is 1270. The number of rotatable bonds is 5. The molecule has 2 aliphatic heterocycles. The SMILES string of the molecule is CN1C(=O)N(CCCO)Cc2ccc(NC(=O)C=C3CC4(CCC4)Oc4cc(C(F)(F)F)ccc43)cc21. The highest BCUT2D eigenvalue weighted by Crippen LogP contribution is 2.50. The molecule has 5 rings (SSSR count). The van der Waals surface area contributed by atoms with Crippen LogP contribution in [0.25, 0.3) is 5.57 Å². The molecule has 7 nitrogen and oxygen atoms in total. The van der Waals surface area contributed by atoms with E-state index in [9.17, 15) is 22.8 Å². The Kier molecular flexibility index (Phi) is 6.39. The standard InChI is InChI=1S/C27H28F3N3O4/c1-32-22-14-20(6-4-17(22)16-33(25(32)36)10-3-11-34)31-24(35)12-18-15-26(8-2-9-26)37-23-13-19(27(28,29)30)5-7-21(18)23/h4-7,12-14,34H,2-3,8-11,15-16H2,1H3,(H,31,35). The van der Waals surface area contributed by atoms with Gasteiger partial charge in [-0.05, 0) is 61.1 Å². The largest absolute Gasteiger partial charge is 0.486 e. The molecule has 0 aromatic heterocycles. The Hall–Kier alpha value is -3.53. The van der Waals surface area contributed by atoms with Crippen LogP contribution in [0.4, 0.5) is 29.3 Å². The number of carbonyl (C=O) groups is 2. The number of nitrogens with zero attached hydrogens (tertiary/aromatic N) is 2. The lowest BCUT2D eigenvalue weighted by Crippen LogP contribution is -2.45. The first-order valence-electron chi connectivity index (χ1n) is 12.3. The van der Waals surface area contributed by atoms with Crippen LogP contribution in [0.3, 0.4) is 0 Å². The van der Waals surface area contributed by atoms with Crippen molar-refractivity contribution < 1.29 is 32.6 Å². The molecule has 10 heteroatoms. The second-order valence-corrected chi connectivity index (χ2v) is 9.87. The van der Waals surface area contributed by atoms with Crippen molar-refractivity contribution in [2.45, 2.75) is 50.4 Å². The Morgan fingerprint density at radius 3 is 2.68 bits per heavy atom. The van der Waals surface area contributed by atoms with Gasteiger partial charge in [-0.15, -0.1) is 0 Å². The van der Waals surface area contributed by atoms with Crippen LogP contribution in [0.1, 0.15) is 48.8 Å². The highest BCUT2D eigenvalue weighted by atomic mass is 19.4. The third-order valence-electron chi connectivity index (χ3n) is 7.28. The lowest BCUT2D eigenvalue weighted by atomic mass is 9.72. The fourth-order valence-corrected chi connectivity index (χ4v) is 5.19. The average molecular weight is 516 g/mol. The van der Waals surface area contributed by atoms with Gasteiger partial charge in [-0.1, -0.05) is 12.1 Å². The summed E-state index contributed by atoms with van der Waals surface area (Å²) < 4.78 is 45.8. The lowest BCUT2D eigenvalue weighted by Gasteiger charge is -2.46. The van der Waals surface area contributed by atoms with E-state index in [2.05, 4.69) is 5.32 Å². The number of fused-ring (bicyclic) bond motifs is 2. The van der Waals surface area contributed by atoms with Gasteiger partial charge in [-0.3, -0.25) is 9.69 Å². The summed E-state index contributed by atoms with van der Waals surface area (Å²) in [5, 5.41) is 11.9. The zero-order chi connectivity index (χ0) is 26.4. The minimum Gasteiger partial charge on any atom is -0.486 e. The Morgan fingerprint density at radius 1 is 1.22 bits per heavy atom. The number of aliphatic hydroxyl groups excluding tert-OH is 1. The molecule has 2 N–H and O–H groups in total. The Morgan fingerprint density at radius 2 is 2.00 bits per heavy atom. The van der Waals surface area contributed by atoms with E-state index in [4.69, 9.17) is 9.84 Å². The van der Waals surface area contributed by atoms with Crippen LogP contribution in [0.5, 0.6) is 5.75 Å². The molecule has 2 aromatic carbocycles. The van der Waals surface area contributed by atoms with Gasteiger partial charge in [-0.25, -0.2) is 4.79 Å². The van der Waals surface area contributed by atoms with Crippen LogP contribution < -0.4 is 15.0 Å². The molecule has 1 fully saturated rings. The van der Waals surface area contributed by atoms with Crippen molar-refractivity contribution >= 4 is 28.9 Å². The smallest absolute Gasteiger partial charge is 0.416 e. The highest BCUT2D eigenvalue weighted by Gasteiger charge is 2.44. The number of hydrogen-bond donors (Lipinski definition) is 2. The van der Waals surface area contributed by atoms with Crippen molar-refractivity contribution in [3.05, 3.63) is 59.2 Å². The van der Waals surface area contributed by atoms with Crippen LogP contribution in [-0.4, -0.2) is 47.7 Å². The molecular weight excluding hydrogens is 487 g/mol. The molecule has 196 valence electrons. The summed E-state index contributed by atoms with van der Waals surface area (Å²) in [6.45, 7) is 0.861. The normalized spacial score (nSPS) is 19.3. The summed E-state index contributed by atoms with van der Waals surface area (Å²) in [5.74, 6) is -0.258. The number of ether oxygens (including phenoxy) is 1. The number of hydrogen-bond acceptors (Lipinski definition) is 4. The van der Waals surface area contributed by atoms with Gasteiger partial charge >= 0.3 is 12.2 Å². The molecule has 0 saturated heterocycles. The zero-order valence-electron chi connectivity index (χ0n) is 20.4. The molecule has 1 aliphatic carbocycles. The van der Waals surface area contributed by atoms with Crippen molar-refractivity contribution in [3.8, 4) is 5.75 Å². The topological polar surface area (TPSA) is 82.1 Å². The van der Waals surface area contributed by atoms with Crippen molar-refractivity contribution in [2.24, 2.45) is 0 Å². The van der Waals surface area contributed by atoms with Crippen LogP contribution in [0.15, 0.2) is 42.5 Å². The maximum atomic E-state index is 13.3. The Balaban J connectivity index is 1.38. The molecule has 1 spiro atoms. The molecule has 0 radical (unpaired) electrons. The Labute approximate surface area is 212 Å². The van der Waals surface area contributed by atoms with Crippen LogP contribution in [-0.2, 0) is 17.5 Å². The van der Waals surface area contributed by atoms with Gasteiger partial charge in [-0.2, -0.15) is 13.2 Å². The van der Waals surface area contributed by atoms with Gasteiger partial charge in [0.2, 0.25) is 5.91 Å². The molecule has 3 amide bonds. The number of aliphatic hydroxyl groups is 1. The molecule has 0 atom stereocenters. The van der Waals surface area contributed by atoms with Crippen molar-refractivity contribution in [3.63, 3.8) is 0 Å². The number of anilines is 2. The molecule has 3 aliphatic rings. The van der Waals surface area contributed by atoms with E-state index in [1.165, 1.54) is 17.0 Å². The van der Waals surface area contributed by atoms with Crippen molar-refractivity contribution in [1.29, 1.82) is 0 Å². The predicted octanol–water partition coefficient (Wildman–Crippen LogP) is 5.19. The maximum absolute atomic E-state index is 13.3. The minimum absolute atomic E-state index is 0.00202. The predicted molar refractivity (Wildman–Crippen MR) is 132 cm³/mol. The average Bonchev–Trinajstić information content (AvgIpc) is 2.83. The number of benzene rings is 2. The minimum atomic E-state index is -4.49. The molecule has 1 saturated carbocycles. The van der Waals surface area contributed by atoms with Gasteiger partial charge in [0.15, 0.2) is 0 Å².